The lowest BCUT2D eigenvalue weighted by molar-refractivity contribution is 0.943. The van der Waals surface area contributed by atoms with Crippen molar-refractivity contribution in [2.24, 2.45) is 0 Å². The van der Waals surface area contributed by atoms with Crippen molar-refractivity contribution in [1.82, 2.24) is 0 Å². The molecule has 78 valence electrons. The first-order valence-electron chi connectivity index (χ1n) is 5.18. The van der Waals surface area contributed by atoms with Gasteiger partial charge in [0.1, 0.15) is 11.8 Å². The molecule has 1 rings (SSSR count). The number of nitrogens with zero attached hydrogens (tertiary/aromatic N) is 2. The van der Waals surface area contributed by atoms with E-state index < -0.39 is 0 Å². The Kier molecular flexibility index (Phi) is 4.43. The normalized spacial score (nSPS) is 10.9. The molecule has 0 saturated heterocycles. The van der Waals surface area contributed by atoms with E-state index in [0.29, 0.717) is 5.70 Å². The average molecular weight is 200 g/mol. The molecule has 0 fully saturated rings. The van der Waals surface area contributed by atoms with E-state index in [1.807, 2.05) is 48.4 Å². The Balaban J connectivity index is 2.84. The molecule has 0 atom stereocenters. The molecule has 0 heterocycles. The third-order valence-corrected chi connectivity index (χ3v) is 2.25. The number of benzene rings is 1. The minimum atomic E-state index is 0.711. The maximum Gasteiger partial charge on any atom is 0.117 e. The van der Waals surface area contributed by atoms with Crippen LogP contribution < -0.4 is 4.90 Å². The number of rotatable bonds is 4. The SMILES string of the molecule is CCC/C=C(\C#N)N(C)c1ccccc1. The number of hydrogen-bond acceptors (Lipinski definition) is 2. The molecule has 0 saturated carbocycles. The maximum atomic E-state index is 9.02. The van der Waals surface area contributed by atoms with E-state index in [1.54, 1.807) is 0 Å². The average Bonchev–Trinajstić information content (AvgIpc) is 2.31. The second-order valence-corrected chi connectivity index (χ2v) is 3.38. The van der Waals surface area contributed by atoms with Crippen LogP contribution in [0.25, 0.3) is 0 Å². The third-order valence-electron chi connectivity index (χ3n) is 2.25. The van der Waals surface area contributed by atoms with Crippen LogP contribution in [0, 0.1) is 11.3 Å². The van der Waals surface area contributed by atoms with Crippen molar-refractivity contribution in [2.75, 3.05) is 11.9 Å². The van der Waals surface area contributed by atoms with Gasteiger partial charge in [-0.25, -0.2) is 0 Å². The van der Waals surface area contributed by atoms with Crippen LogP contribution in [-0.2, 0) is 0 Å². The smallest absolute Gasteiger partial charge is 0.117 e. The predicted octanol–water partition coefficient (Wildman–Crippen LogP) is 3.33. The van der Waals surface area contributed by atoms with Gasteiger partial charge in [-0.3, -0.25) is 0 Å². The number of nitriles is 1. The zero-order valence-electron chi connectivity index (χ0n) is 9.27. The number of hydrogen-bond donors (Lipinski definition) is 0. The topological polar surface area (TPSA) is 27.0 Å². The van der Waals surface area contributed by atoms with Crippen molar-refractivity contribution < 1.29 is 0 Å². The van der Waals surface area contributed by atoms with Crippen LogP contribution in [-0.4, -0.2) is 7.05 Å². The number of allylic oxidation sites excluding steroid dienone is 2. The Hall–Kier alpha value is -1.75. The Morgan fingerprint density at radius 1 is 1.40 bits per heavy atom. The minimum Gasteiger partial charge on any atom is -0.336 e. The van der Waals surface area contributed by atoms with E-state index in [1.165, 1.54) is 0 Å². The number of para-hydroxylation sites is 1. The lowest BCUT2D eigenvalue weighted by Gasteiger charge is -2.17. The second-order valence-electron chi connectivity index (χ2n) is 3.38. The van der Waals surface area contributed by atoms with Crippen LogP contribution in [0.1, 0.15) is 19.8 Å². The summed E-state index contributed by atoms with van der Waals surface area (Å²) in [7, 11) is 1.92. The molecule has 0 N–H and O–H groups in total. The maximum absolute atomic E-state index is 9.02. The molecule has 1 aromatic rings. The summed E-state index contributed by atoms with van der Waals surface area (Å²) in [5.74, 6) is 0. The first-order valence-corrected chi connectivity index (χ1v) is 5.18. The van der Waals surface area contributed by atoms with Crippen LogP contribution in [0.4, 0.5) is 5.69 Å². The molecule has 0 unspecified atom stereocenters. The van der Waals surface area contributed by atoms with Crippen molar-refractivity contribution in [1.29, 1.82) is 5.26 Å². The molecule has 0 aliphatic carbocycles. The molecule has 1 aromatic carbocycles. The highest BCUT2D eigenvalue weighted by atomic mass is 15.1. The number of unbranched alkanes of at least 4 members (excludes halogenated alkanes) is 1. The first-order chi connectivity index (χ1) is 7.29. The summed E-state index contributed by atoms with van der Waals surface area (Å²) in [5, 5.41) is 9.02. The first kappa shape index (κ1) is 11.3. The van der Waals surface area contributed by atoms with E-state index in [4.69, 9.17) is 5.26 Å². The molecule has 2 nitrogen and oxygen atoms in total. The van der Waals surface area contributed by atoms with Gasteiger partial charge in [-0.05, 0) is 24.6 Å². The van der Waals surface area contributed by atoms with Crippen LogP contribution in [0.3, 0.4) is 0 Å². The summed E-state index contributed by atoms with van der Waals surface area (Å²) in [6, 6.07) is 12.1. The van der Waals surface area contributed by atoms with Crippen LogP contribution >= 0.6 is 0 Å². The van der Waals surface area contributed by atoms with Gasteiger partial charge in [-0.15, -0.1) is 0 Å². The quantitative estimate of drug-likeness (QED) is 0.697. The molecule has 0 spiro atoms. The van der Waals surface area contributed by atoms with Gasteiger partial charge >= 0.3 is 0 Å². The molecular formula is C13H16N2. The fourth-order valence-electron chi connectivity index (χ4n) is 1.33. The van der Waals surface area contributed by atoms with E-state index >= 15 is 0 Å². The molecule has 0 aliphatic heterocycles. The Morgan fingerprint density at radius 3 is 2.60 bits per heavy atom. The van der Waals surface area contributed by atoms with Crippen molar-refractivity contribution in [3.8, 4) is 6.07 Å². The molecule has 0 bridgehead atoms. The molecule has 15 heavy (non-hydrogen) atoms. The lowest BCUT2D eigenvalue weighted by Crippen LogP contribution is -2.14. The summed E-state index contributed by atoms with van der Waals surface area (Å²) in [5.41, 5.74) is 1.75. The molecule has 0 aromatic heterocycles. The van der Waals surface area contributed by atoms with Gasteiger partial charge in [0.2, 0.25) is 0 Å². The summed E-state index contributed by atoms with van der Waals surface area (Å²) < 4.78 is 0. The molecule has 0 radical (unpaired) electrons. The van der Waals surface area contributed by atoms with Crippen molar-refractivity contribution in [3.05, 3.63) is 42.1 Å². The van der Waals surface area contributed by atoms with E-state index in [0.717, 1.165) is 18.5 Å². The standard InChI is InChI=1S/C13H16N2/c1-3-4-8-13(11-14)15(2)12-9-6-5-7-10-12/h5-10H,3-4H2,1-2H3/b13-8+. The van der Waals surface area contributed by atoms with Crippen molar-refractivity contribution in [2.45, 2.75) is 19.8 Å². The zero-order valence-corrected chi connectivity index (χ0v) is 9.27. The highest BCUT2D eigenvalue weighted by Crippen LogP contribution is 2.16. The van der Waals surface area contributed by atoms with Gasteiger partial charge in [0.25, 0.3) is 0 Å². The summed E-state index contributed by atoms with van der Waals surface area (Å²) >= 11 is 0. The van der Waals surface area contributed by atoms with E-state index in [2.05, 4.69) is 13.0 Å². The largest absolute Gasteiger partial charge is 0.336 e. The Bertz CT molecular complexity index is 360. The summed E-state index contributed by atoms with van der Waals surface area (Å²) in [6.07, 6.45) is 3.99. The van der Waals surface area contributed by atoms with Crippen molar-refractivity contribution in [3.63, 3.8) is 0 Å². The van der Waals surface area contributed by atoms with Gasteiger partial charge in [-0.1, -0.05) is 31.5 Å². The summed E-state index contributed by atoms with van der Waals surface area (Å²) in [4.78, 5) is 1.91. The number of anilines is 1. The Morgan fingerprint density at radius 2 is 2.07 bits per heavy atom. The van der Waals surface area contributed by atoms with Gasteiger partial charge in [0.05, 0.1) is 0 Å². The fourth-order valence-corrected chi connectivity index (χ4v) is 1.33. The monoisotopic (exact) mass is 200 g/mol. The Labute approximate surface area is 91.4 Å². The second kappa shape index (κ2) is 5.87. The molecular weight excluding hydrogens is 184 g/mol. The molecule has 2 heteroatoms. The van der Waals surface area contributed by atoms with Gasteiger partial charge in [-0.2, -0.15) is 5.26 Å². The van der Waals surface area contributed by atoms with E-state index in [-0.39, 0.29) is 0 Å². The predicted molar refractivity (Wildman–Crippen MR) is 63.4 cm³/mol. The van der Waals surface area contributed by atoms with Gasteiger partial charge < -0.3 is 4.90 Å². The molecule has 0 aliphatic rings. The highest BCUT2D eigenvalue weighted by Gasteiger charge is 2.04. The van der Waals surface area contributed by atoms with E-state index in [9.17, 15) is 0 Å². The lowest BCUT2D eigenvalue weighted by atomic mass is 10.2. The van der Waals surface area contributed by atoms with Crippen LogP contribution in [0.2, 0.25) is 0 Å². The zero-order chi connectivity index (χ0) is 11.1. The minimum absolute atomic E-state index is 0.711. The highest BCUT2D eigenvalue weighted by molar-refractivity contribution is 5.54. The van der Waals surface area contributed by atoms with Crippen LogP contribution in [0.5, 0.6) is 0 Å². The fraction of sp³-hybridized carbons (Fsp3) is 0.308. The third kappa shape index (κ3) is 3.14. The molecule has 0 amide bonds. The van der Waals surface area contributed by atoms with Crippen molar-refractivity contribution >= 4 is 5.69 Å². The van der Waals surface area contributed by atoms with Gasteiger partial charge in [0.15, 0.2) is 0 Å². The van der Waals surface area contributed by atoms with Gasteiger partial charge in [0, 0.05) is 12.7 Å². The summed E-state index contributed by atoms with van der Waals surface area (Å²) in [6.45, 7) is 2.11. The van der Waals surface area contributed by atoms with Crippen LogP contribution in [0.15, 0.2) is 42.1 Å².